The number of ether oxygens (including phenoxy) is 1. The second-order valence-electron chi connectivity index (χ2n) is 7.05. The van der Waals surface area contributed by atoms with Crippen LogP contribution < -0.4 is 10.1 Å². The Labute approximate surface area is 163 Å². The van der Waals surface area contributed by atoms with Crippen LogP contribution in [0.25, 0.3) is 5.69 Å². The van der Waals surface area contributed by atoms with Crippen LogP contribution in [0.5, 0.6) is 5.75 Å². The molecule has 3 aromatic rings. The fourth-order valence-electron chi connectivity index (χ4n) is 3.52. The van der Waals surface area contributed by atoms with Crippen molar-refractivity contribution in [1.82, 2.24) is 30.1 Å². The molecule has 1 aliphatic carbocycles. The van der Waals surface area contributed by atoms with E-state index in [2.05, 4.69) is 20.7 Å². The van der Waals surface area contributed by atoms with Gasteiger partial charge in [0.25, 0.3) is 5.91 Å². The molecule has 2 heterocycles. The largest absolute Gasteiger partial charge is 0.497 e. The summed E-state index contributed by atoms with van der Waals surface area (Å²) in [7, 11) is 1.63. The van der Waals surface area contributed by atoms with E-state index < -0.39 is 0 Å². The van der Waals surface area contributed by atoms with Crippen molar-refractivity contribution in [3.05, 3.63) is 54.1 Å². The van der Waals surface area contributed by atoms with E-state index in [9.17, 15) is 4.79 Å². The van der Waals surface area contributed by atoms with Crippen LogP contribution >= 0.6 is 0 Å². The Kier molecular flexibility index (Phi) is 5.36. The number of benzene rings is 1. The molecule has 4 rings (SSSR count). The molecule has 8 heteroatoms. The van der Waals surface area contributed by atoms with Gasteiger partial charge in [-0.25, -0.2) is 9.36 Å². The van der Waals surface area contributed by atoms with Crippen LogP contribution in [0.4, 0.5) is 0 Å². The summed E-state index contributed by atoms with van der Waals surface area (Å²) in [6, 6.07) is 8.01. The highest BCUT2D eigenvalue weighted by Gasteiger charge is 2.19. The van der Waals surface area contributed by atoms with Crippen molar-refractivity contribution >= 4 is 5.91 Å². The summed E-state index contributed by atoms with van der Waals surface area (Å²) in [6.45, 7) is 0.374. The first kappa shape index (κ1) is 18.2. The molecule has 1 amide bonds. The Morgan fingerprint density at radius 1 is 1.25 bits per heavy atom. The highest BCUT2D eigenvalue weighted by atomic mass is 16.5. The zero-order valence-electron chi connectivity index (χ0n) is 15.9. The molecular formula is C20H24N6O2. The van der Waals surface area contributed by atoms with Crippen molar-refractivity contribution in [2.24, 2.45) is 0 Å². The van der Waals surface area contributed by atoms with E-state index in [1.165, 1.54) is 19.3 Å². The lowest BCUT2D eigenvalue weighted by Crippen LogP contribution is -2.23. The summed E-state index contributed by atoms with van der Waals surface area (Å²) in [5.74, 6) is 0.542. The van der Waals surface area contributed by atoms with Crippen LogP contribution in [0.2, 0.25) is 0 Å². The zero-order chi connectivity index (χ0) is 19.3. The minimum absolute atomic E-state index is 0.226. The lowest BCUT2D eigenvalue weighted by Gasteiger charge is -2.20. The predicted octanol–water partition coefficient (Wildman–Crippen LogP) is 2.91. The van der Waals surface area contributed by atoms with Gasteiger partial charge >= 0.3 is 0 Å². The summed E-state index contributed by atoms with van der Waals surface area (Å²) >= 11 is 0. The molecule has 0 aliphatic heterocycles. The third-order valence-electron chi connectivity index (χ3n) is 5.10. The maximum atomic E-state index is 12.4. The Morgan fingerprint density at radius 2 is 2.11 bits per heavy atom. The molecule has 1 fully saturated rings. The van der Waals surface area contributed by atoms with E-state index in [-0.39, 0.29) is 5.91 Å². The Hall–Kier alpha value is -3.16. The Bertz CT molecular complexity index is 942. The quantitative estimate of drug-likeness (QED) is 0.710. The number of rotatable bonds is 6. The van der Waals surface area contributed by atoms with E-state index in [1.807, 2.05) is 35.1 Å². The van der Waals surface area contributed by atoms with Gasteiger partial charge < -0.3 is 10.1 Å². The summed E-state index contributed by atoms with van der Waals surface area (Å²) < 4.78 is 8.84. The molecule has 1 saturated carbocycles. The van der Waals surface area contributed by atoms with Crippen LogP contribution in [0.3, 0.4) is 0 Å². The molecule has 0 spiro atoms. The van der Waals surface area contributed by atoms with Gasteiger partial charge in [0.15, 0.2) is 5.69 Å². The minimum Gasteiger partial charge on any atom is -0.497 e. The van der Waals surface area contributed by atoms with E-state index >= 15 is 0 Å². The van der Waals surface area contributed by atoms with Gasteiger partial charge in [0.05, 0.1) is 31.2 Å². The van der Waals surface area contributed by atoms with Gasteiger partial charge in [-0.2, -0.15) is 5.10 Å². The van der Waals surface area contributed by atoms with Crippen molar-refractivity contribution in [2.75, 3.05) is 7.11 Å². The number of hydrogen-bond donors (Lipinski definition) is 1. The normalized spacial score (nSPS) is 14.8. The number of hydrogen-bond acceptors (Lipinski definition) is 5. The van der Waals surface area contributed by atoms with Gasteiger partial charge in [-0.3, -0.25) is 4.79 Å². The molecular weight excluding hydrogens is 356 g/mol. The maximum Gasteiger partial charge on any atom is 0.273 e. The van der Waals surface area contributed by atoms with Crippen LogP contribution in [0.15, 0.2) is 42.9 Å². The molecule has 0 unspecified atom stereocenters. The van der Waals surface area contributed by atoms with Crippen molar-refractivity contribution in [2.45, 2.75) is 44.7 Å². The fraction of sp³-hybridized carbons (Fsp3) is 0.400. The van der Waals surface area contributed by atoms with Crippen LogP contribution in [-0.2, 0) is 6.54 Å². The predicted molar refractivity (Wildman–Crippen MR) is 103 cm³/mol. The second-order valence-corrected chi connectivity index (χ2v) is 7.05. The molecule has 146 valence electrons. The van der Waals surface area contributed by atoms with Crippen LogP contribution in [0.1, 0.15) is 54.2 Å². The highest BCUT2D eigenvalue weighted by Crippen LogP contribution is 2.27. The van der Waals surface area contributed by atoms with E-state index in [0.29, 0.717) is 18.3 Å². The van der Waals surface area contributed by atoms with Crippen molar-refractivity contribution in [1.29, 1.82) is 0 Å². The van der Waals surface area contributed by atoms with Crippen LogP contribution in [-0.4, -0.2) is 37.8 Å². The first-order valence-corrected chi connectivity index (χ1v) is 9.61. The number of nitrogens with zero attached hydrogens (tertiary/aromatic N) is 5. The Balaban J connectivity index is 1.36. The molecule has 1 N–H and O–H groups in total. The number of amides is 1. The van der Waals surface area contributed by atoms with E-state index in [0.717, 1.165) is 29.8 Å². The van der Waals surface area contributed by atoms with Gasteiger partial charge in [-0.05, 0) is 25.0 Å². The summed E-state index contributed by atoms with van der Waals surface area (Å²) in [5, 5.41) is 15.4. The number of carbonyl (C=O) groups is 1. The molecule has 0 bridgehead atoms. The molecule has 28 heavy (non-hydrogen) atoms. The van der Waals surface area contributed by atoms with Crippen molar-refractivity contribution in [3.8, 4) is 11.4 Å². The van der Waals surface area contributed by atoms with E-state index in [4.69, 9.17) is 4.74 Å². The van der Waals surface area contributed by atoms with Gasteiger partial charge in [-0.1, -0.05) is 30.5 Å². The molecule has 1 aliphatic rings. The third kappa shape index (κ3) is 4.05. The summed E-state index contributed by atoms with van der Waals surface area (Å²) in [5.41, 5.74) is 2.15. The lowest BCUT2D eigenvalue weighted by atomic mass is 9.96. The molecule has 2 aromatic heterocycles. The van der Waals surface area contributed by atoms with Gasteiger partial charge in [0, 0.05) is 24.4 Å². The smallest absolute Gasteiger partial charge is 0.273 e. The molecule has 1 aromatic carbocycles. The number of aromatic nitrogens is 5. The molecule has 8 nitrogen and oxygen atoms in total. The van der Waals surface area contributed by atoms with Crippen molar-refractivity contribution < 1.29 is 9.53 Å². The number of nitrogens with one attached hydrogen (secondary N) is 1. The monoisotopic (exact) mass is 380 g/mol. The Morgan fingerprint density at radius 3 is 2.93 bits per heavy atom. The van der Waals surface area contributed by atoms with Gasteiger partial charge in [-0.15, -0.1) is 5.10 Å². The fourth-order valence-corrected chi connectivity index (χ4v) is 3.52. The van der Waals surface area contributed by atoms with Gasteiger partial charge in [0.1, 0.15) is 5.75 Å². The number of methoxy groups -OCH3 is 1. The average Bonchev–Trinajstić information content (AvgIpc) is 3.43. The maximum absolute atomic E-state index is 12.4. The molecule has 0 radical (unpaired) electrons. The molecule has 0 saturated heterocycles. The second kappa shape index (κ2) is 8.24. The zero-order valence-corrected chi connectivity index (χ0v) is 15.9. The summed E-state index contributed by atoms with van der Waals surface area (Å²) in [4.78, 5) is 12.4. The van der Waals surface area contributed by atoms with E-state index in [1.54, 1.807) is 24.2 Å². The van der Waals surface area contributed by atoms with Crippen molar-refractivity contribution in [3.63, 3.8) is 0 Å². The lowest BCUT2D eigenvalue weighted by molar-refractivity contribution is 0.0946. The minimum atomic E-state index is -0.226. The highest BCUT2D eigenvalue weighted by molar-refractivity contribution is 5.91. The number of carbonyl (C=O) groups excluding carboxylic acids is 1. The third-order valence-corrected chi connectivity index (χ3v) is 5.10. The van der Waals surface area contributed by atoms with Crippen LogP contribution in [0, 0.1) is 0 Å². The SMILES string of the molecule is COc1cccc(-n2cc(CNC(=O)c3cn(C4CCCCC4)nn3)cn2)c1. The van der Waals surface area contributed by atoms with Gasteiger partial charge in [0.2, 0.25) is 0 Å². The first-order chi connectivity index (χ1) is 13.7. The first-order valence-electron chi connectivity index (χ1n) is 9.61. The topological polar surface area (TPSA) is 86.9 Å². The standard InChI is InChI=1S/C20H24N6O2/c1-28-18-9-5-8-17(10-18)25-13-15(12-22-25)11-21-20(27)19-14-26(24-23-19)16-6-3-2-4-7-16/h5,8-10,12-14,16H,2-4,6-7,11H2,1H3,(H,21,27). The molecule has 0 atom stereocenters. The average molecular weight is 380 g/mol. The summed E-state index contributed by atoms with van der Waals surface area (Å²) in [6.07, 6.45) is 11.3.